The highest BCUT2D eigenvalue weighted by atomic mass is 32.2. The first-order chi connectivity index (χ1) is 10.7. The van der Waals surface area contributed by atoms with Crippen LogP contribution in [0.4, 0.5) is 10.1 Å². The minimum absolute atomic E-state index is 0.261. The van der Waals surface area contributed by atoms with Gasteiger partial charge in [0.2, 0.25) is 5.01 Å². The highest BCUT2D eigenvalue weighted by molar-refractivity contribution is 8.00. The largest absolute Gasteiger partial charge is 0.320 e. The number of halogens is 1. The number of amides is 1. The fraction of sp³-hybridized carbons (Fsp3) is 0.0833. The van der Waals surface area contributed by atoms with E-state index in [-0.39, 0.29) is 16.7 Å². The van der Waals surface area contributed by atoms with Crippen molar-refractivity contribution in [2.45, 2.75) is 10.1 Å². The molecule has 0 atom stereocenters. The van der Waals surface area contributed by atoms with Crippen LogP contribution in [0.2, 0.25) is 0 Å². The number of anilines is 1. The normalized spacial score (nSPS) is 10.6. The van der Waals surface area contributed by atoms with E-state index in [1.807, 2.05) is 0 Å². The first-order valence-corrected chi connectivity index (χ1v) is 8.67. The molecule has 0 saturated carbocycles. The third-order valence-electron chi connectivity index (χ3n) is 2.42. The maximum atomic E-state index is 12.8. The lowest BCUT2D eigenvalue weighted by molar-refractivity contribution is 0.102. The minimum Gasteiger partial charge on any atom is -0.320 e. The van der Waals surface area contributed by atoms with Crippen molar-refractivity contribution in [3.05, 3.63) is 45.6 Å². The van der Waals surface area contributed by atoms with E-state index in [0.717, 1.165) is 9.35 Å². The van der Waals surface area contributed by atoms with Crippen molar-refractivity contribution >= 4 is 46.0 Å². The van der Waals surface area contributed by atoms with Gasteiger partial charge in [-0.05, 0) is 24.3 Å². The van der Waals surface area contributed by atoms with Gasteiger partial charge in [-0.15, -0.1) is 20.4 Å². The number of aromatic nitrogens is 4. The van der Waals surface area contributed by atoms with Gasteiger partial charge in [0.15, 0.2) is 4.34 Å². The lowest BCUT2D eigenvalue weighted by atomic mass is 10.3. The van der Waals surface area contributed by atoms with Gasteiger partial charge < -0.3 is 5.32 Å². The summed E-state index contributed by atoms with van der Waals surface area (Å²) in [5.41, 5.74) is 2.16. The van der Waals surface area contributed by atoms with E-state index < -0.39 is 0 Å². The summed E-state index contributed by atoms with van der Waals surface area (Å²) < 4.78 is 13.6. The second-order valence-electron chi connectivity index (χ2n) is 3.96. The molecule has 0 aliphatic rings. The standard InChI is InChI=1S/C12H8FN5OS3/c13-7-1-3-8(4-2-7)15-10(19)11-17-16-9(22-11)5-20-12-18-14-6-21-12/h1-4,6H,5H2,(H,15,19). The lowest BCUT2D eigenvalue weighted by Gasteiger charge is -2.01. The zero-order valence-electron chi connectivity index (χ0n) is 10.9. The summed E-state index contributed by atoms with van der Waals surface area (Å²) >= 11 is 4.15. The second-order valence-corrected chi connectivity index (χ2v) is 7.07. The molecule has 2 heterocycles. The van der Waals surface area contributed by atoms with Gasteiger partial charge in [-0.25, -0.2) is 4.39 Å². The number of rotatable bonds is 5. The SMILES string of the molecule is O=C(Nc1ccc(F)cc1)c1nnc(CSc2nncs2)s1. The van der Waals surface area contributed by atoms with Crippen molar-refractivity contribution < 1.29 is 9.18 Å². The summed E-state index contributed by atoms with van der Waals surface area (Å²) in [4.78, 5) is 12.0. The molecule has 0 aliphatic carbocycles. The summed E-state index contributed by atoms with van der Waals surface area (Å²) in [6.07, 6.45) is 0. The van der Waals surface area contributed by atoms with Gasteiger partial charge in [-0.1, -0.05) is 34.4 Å². The molecule has 2 aromatic heterocycles. The third kappa shape index (κ3) is 3.84. The smallest absolute Gasteiger partial charge is 0.286 e. The van der Waals surface area contributed by atoms with Crippen LogP contribution in [0.5, 0.6) is 0 Å². The zero-order valence-corrected chi connectivity index (χ0v) is 13.3. The quantitative estimate of drug-likeness (QED) is 0.710. The zero-order chi connectivity index (χ0) is 15.4. The Kier molecular flexibility index (Phi) is 4.71. The molecule has 6 nitrogen and oxygen atoms in total. The van der Waals surface area contributed by atoms with Gasteiger partial charge in [0, 0.05) is 5.69 Å². The monoisotopic (exact) mass is 353 g/mol. The molecule has 0 spiro atoms. The van der Waals surface area contributed by atoms with Gasteiger partial charge >= 0.3 is 0 Å². The Morgan fingerprint density at radius 1 is 1.23 bits per heavy atom. The number of nitrogens with zero attached hydrogens (tertiary/aromatic N) is 4. The summed E-state index contributed by atoms with van der Waals surface area (Å²) in [6.45, 7) is 0. The van der Waals surface area contributed by atoms with Crippen molar-refractivity contribution in [2.24, 2.45) is 0 Å². The molecule has 10 heteroatoms. The summed E-state index contributed by atoms with van der Waals surface area (Å²) in [5.74, 6) is -0.141. The molecule has 3 rings (SSSR count). The highest BCUT2D eigenvalue weighted by Gasteiger charge is 2.13. The Morgan fingerprint density at radius 3 is 2.77 bits per heavy atom. The van der Waals surface area contributed by atoms with Crippen LogP contribution in [-0.2, 0) is 5.75 Å². The van der Waals surface area contributed by atoms with E-state index in [9.17, 15) is 9.18 Å². The van der Waals surface area contributed by atoms with Gasteiger partial charge in [0.05, 0.1) is 5.75 Å². The first-order valence-electron chi connectivity index (χ1n) is 5.99. The average molecular weight is 353 g/mol. The maximum absolute atomic E-state index is 12.8. The molecule has 0 radical (unpaired) electrons. The molecular weight excluding hydrogens is 345 g/mol. The van der Waals surface area contributed by atoms with Crippen LogP contribution < -0.4 is 5.32 Å². The predicted molar refractivity (Wildman–Crippen MR) is 83.7 cm³/mol. The Balaban J connectivity index is 1.60. The van der Waals surface area contributed by atoms with Gasteiger partial charge in [0.25, 0.3) is 5.91 Å². The third-order valence-corrected chi connectivity index (χ3v) is 5.40. The number of thioether (sulfide) groups is 1. The van der Waals surface area contributed by atoms with E-state index in [1.165, 1.54) is 58.7 Å². The van der Waals surface area contributed by atoms with E-state index in [2.05, 4.69) is 25.7 Å². The number of carbonyl (C=O) groups is 1. The van der Waals surface area contributed by atoms with E-state index >= 15 is 0 Å². The Morgan fingerprint density at radius 2 is 2.05 bits per heavy atom. The molecule has 0 aliphatic heterocycles. The molecule has 1 amide bonds. The van der Waals surface area contributed by atoms with Crippen LogP contribution in [0, 0.1) is 5.82 Å². The molecule has 0 saturated heterocycles. The van der Waals surface area contributed by atoms with E-state index in [1.54, 1.807) is 5.51 Å². The van der Waals surface area contributed by atoms with Crippen molar-refractivity contribution in [2.75, 3.05) is 5.32 Å². The lowest BCUT2D eigenvalue weighted by Crippen LogP contribution is -2.11. The number of hydrogen-bond acceptors (Lipinski definition) is 8. The van der Waals surface area contributed by atoms with Crippen LogP contribution in [0.25, 0.3) is 0 Å². The van der Waals surface area contributed by atoms with Crippen LogP contribution in [0.3, 0.4) is 0 Å². The van der Waals surface area contributed by atoms with Crippen LogP contribution >= 0.6 is 34.4 Å². The molecule has 0 unspecified atom stereocenters. The second kappa shape index (κ2) is 6.90. The number of carbonyl (C=O) groups excluding carboxylic acids is 1. The van der Waals surface area contributed by atoms with Crippen molar-refractivity contribution in [1.29, 1.82) is 0 Å². The van der Waals surface area contributed by atoms with Crippen molar-refractivity contribution in [3.8, 4) is 0 Å². The van der Waals surface area contributed by atoms with Crippen molar-refractivity contribution in [1.82, 2.24) is 20.4 Å². The van der Waals surface area contributed by atoms with Crippen LogP contribution in [-0.4, -0.2) is 26.3 Å². The molecule has 22 heavy (non-hydrogen) atoms. The minimum atomic E-state index is -0.365. The van der Waals surface area contributed by atoms with Crippen molar-refractivity contribution in [3.63, 3.8) is 0 Å². The van der Waals surface area contributed by atoms with Gasteiger partial charge in [-0.3, -0.25) is 4.79 Å². The number of nitrogens with one attached hydrogen (secondary N) is 1. The number of hydrogen-bond donors (Lipinski definition) is 1. The van der Waals surface area contributed by atoms with Crippen LogP contribution in [0.15, 0.2) is 34.1 Å². The van der Waals surface area contributed by atoms with E-state index in [4.69, 9.17) is 0 Å². The molecule has 112 valence electrons. The summed E-state index contributed by atoms with van der Waals surface area (Å²) in [6, 6.07) is 5.53. The summed E-state index contributed by atoms with van der Waals surface area (Å²) in [7, 11) is 0. The molecule has 0 bridgehead atoms. The fourth-order valence-corrected chi connectivity index (χ4v) is 3.68. The molecule has 0 fully saturated rings. The van der Waals surface area contributed by atoms with Gasteiger partial charge in [0.1, 0.15) is 16.3 Å². The predicted octanol–water partition coefficient (Wildman–Crippen LogP) is 3.07. The molecule has 1 aromatic carbocycles. The Bertz CT molecular complexity index is 759. The fourth-order valence-electron chi connectivity index (χ4n) is 1.47. The summed E-state index contributed by atoms with van der Waals surface area (Å²) in [5, 5.41) is 19.1. The Hall–Kier alpha value is -1.91. The molecule has 1 N–H and O–H groups in total. The van der Waals surface area contributed by atoms with E-state index in [0.29, 0.717) is 11.4 Å². The van der Waals surface area contributed by atoms with Crippen LogP contribution in [0.1, 0.15) is 14.8 Å². The first kappa shape index (κ1) is 15.0. The highest BCUT2D eigenvalue weighted by Crippen LogP contribution is 2.25. The van der Waals surface area contributed by atoms with Gasteiger partial charge in [-0.2, -0.15) is 0 Å². The topological polar surface area (TPSA) is 80.7 Å². The average Bonchev–Trinajstić information content (AvgIpc) is 3.18. The Labute approximate surface area is 136 Å². The number of benzene rings is 1. The molecule has 3 aromatic rings. The molecular formula is C12H8FN5OS3. The maximum Gasteiger partial charge on any atom is 0.286 e.